The minimum absolute atomic E-state index is 0. The van der Waals surface area contributed by atoms with Gasteiger partial charge in [-0.3, -0.25) is 0 Å². The van der Waals surface area contributed by atoms with Crippen molar-refractivity contribution in [3.8, 4) is 5.75 Å². The lowest BCUT2D eigenvalue weighted by Crippen LogP contribution is -2.12. The standard InChI is InChI=1S/C8H8Cl2FNO.ClH/c9-5-2-1-4(6(12)3-11)8(13)7(5)10;/h1-2,6,13H,3,12H2;1H/t6-;/m1./s1. The van der Waals surface area contributed by atoms with Gasteiger partial charge in [0.05, 0.1) is 11.1 Å². The largest absolute Gasteiger partial charge is 0.506 e. The molecule has 0 aromatic heterocycles. The van der Waals surface area contributed by atoms with Crippen LogP contribution in [0.2, 0.25) is 10.0 Å². The summed E-state index contributed by atoms with van der Waals surface area (Å²) in [5.74, 6) is -0.251. The molecule has 0 unspecified atom stereocenters. The Morgan fingerprint density at radius 3 is 2.50 bits per heavy atom. The predicted octanol–water partition coefficient (Wildman–Crippen LogP) is 3.09. The second-order valence-electron chi connectivity index (χ2n) is 2.56. The molecule has 14 heavy (non-hydrogen) atoms. The highest BCUT2D eigenvalue weighted by molar-refractivity contribution is 6.43. The fraction of sp³-hybridized carbons (Fsp3) is 0.250. The molecule has 0 heterocycles. The van der Waals surface area contributed by atoms with Gasteiger partial charge < -0.3 is 10.8 Å². The Morgan fingerprint density at radius 1 is 1.43 bits per heavy atom. The molecule has 0 amide bonds. The second-order valence-corrected chi connectivity index (χ2v) is 3.35. The fourth-order valence-corrected chi connectivity index (χ4v) is 1.26. The molecular weight excluding hydrogens is 251 g/mol. The molecule has 1 rings (SSSR count). The molecule has 1 atom stereocenters. The van der Waals surface area contributed by atoms with E-state index in [0.29, 0.717) is 0 Å². The van der Waals surface area contributed by atoms with Crippen LogP contribution in [0.3, 0.4) is 0 Å². The van der Waals surface area contributed by atoms with Crippen molar-refractivity contribution in [2.24, 2.45) is 5.73 Å². The van der Waals surface area contributed by atoms with E-state index in [1.165, 1.54) is 12.1 Å². The van der Waals surface area contributed by atoms with Gasteiger partial charge in [-0.2, -0.15) is 0 Å². The third-order valence-electron chi connectivity index (χ3n) is 1.67. The average Bonchev–Trinajstić information content (AvgIpc) is 2.13. The van der Waals surface area contributed by atoms with Gasteiger partial charge in [-0.1, -0.05) is 29.3 Å². The van der Waals surface area contributed by atoms with Crippen LogP contribution in [0.15, 0.2) is 12.1 Å². The Bertz CT molecular complexity index is 322. The highest BCUT2D eigenvalue weighted by Gasteiger charge is 2.14. The molecule has 0 fully saturated rings. The highest BCUT2D eigenvalue weighted by Crippen LogP contribution is 2.36. The van der Waals surface area contributed by atoms with Crippen LogP contribution in [-0.2, 0) is 0 Å². The normalized spacial score (nSPS) is 12.0. The molecule has 6 heteroatoms. The summed E-state index contributed by atoms with van der Waals surface area (Å²) in [5.41, 5.74) is 5.64. The summed E-state index contributed by atoms with van der Waals surface area (Å²) in [6, 6.07) is 2.05. The highest BCUT2D eigenvalue weighted by atomic mass is 35.5. The zero-order valence-corrected chi connectivity index (χ0v) is 9.33. The number of alkyl halides is 1. The van der Waals surface area contributed by atoms with Crippen LogP contribution in [0.1, 0.15) is 11.6 Å². The van der Waals surface area contributed by atoms with Gasteiger partial charge in [-0.25, -0.2) is 4.39 Å². The number of nitrogens with two attached hydrogens (primary N) is 1. The first kappa shape index (κ1) is 13.8. The van der Waals surface area contributed by atoms with Crippen molar-refractivity contribution in [1.29, 1.82) is 0 Å². The van der Waals surface area contributed by atoms with E-state index < -0.39 is 12.7 Å². The van der Waals surface area contributed by atoms with Crippen LogP contribution < -0.4 is 5.73 Å². The molecule has 2 nitrogen and oxygen atoms in total. The van der Waals surface area contributed by atoms with E-state index in [-0.39, 0.29) is 33.8 Å². The molecule has 0 radical (unpaired) electrons. The van der Waals surface area contributed by atoms with Gasteiger partial charge in [-0.05, 0) is 6.07 Å². The van der Waals surface area contributed by atoms with Crippen LogP contribution in [0.5, 0.6) is 5.75 Å². The summed E-state index contributed by atoms with van der Waals surface area (Å²) < 4.78 is 12.2. The maximum absolute atomic E-state index is 12.2. The first-order valence-corrected chi connectivity index (χ1v) is 4.32. The van der Waals surface area contributed by atoms with E-state index in [1.54, 1.807) is 0 Å². The minimum atomic E-state index is -0.866. The Labute approximate surface area is 97.2 Å². The molecule has 0 bridgehead atoms. The maximum Gasteiger partial charge on any atom is 0.140 e. The van der Waals surface area contributed by atoms with E-state index in [4.69, 9.17) is 28.9 Å². The minimum Gasteiger partial charge on any atom is -0.506 e. The molecule has 0 aliphatic carbocycles. The molecule has 0 aliphatic rings. The van der Waals surface area contributed by atoms with Crippen LogP contribution >= 0.6 is 35.6 Å². The van der Waals surface area contributed by atoms with Gasteiger partial charge in [0.1, 0.15) is 17.4 Å². The molecular formula is C8H9Cl3FNO. The predicted molar refractivity (Wildman–Crippen MR) is 58.3 cm³/mol. The van der Waals surface area contributed by atoms with E-state index in [1.807, 2.05) is 0 Å². The number of hydrogen-bond donors (Lipinski definition) is 2. The van der Waals surface area contributed by atoms with Crippen LogP contribution in [0.4, 0.5) is 4.39 Å². The molecule has 80 valence electrons. The van der Waals surface area contributed by atoms with E-state index in [9.17, 15) is 9.50 Å². The zero-order valence-electron chi connectivity index (χ0n) is 7.01. The number of rotatable bonds is 2. The second kappa shape index (κ2) is 5.61. The van der Waals surface area contributed by atoms with Gasteiger partial charge in [-0.15, -0.1) is 12.4 Å². The van der Waals surface area contributed by atoms with Gasteiger partial charge in [0, 0.05) is 5.56 Å². The third-order valence-corrected chi connectivity index (χ3v) is 2.46. The lowest BCUT2D eigenvalue weighted by molar-refractivity contribution is 0.414. The number of halogens is 4. The van der Waals surface area contributed by atoms with Gasteiger partial charge in [0.15, 0.2) is 0 Å². The quantitative estimate of drug-likeness (QED) is 0.858. The Balaban J connectivity index is 0.00000169. The Hall–Kier alpha value is -0.220. The molecule has 0 spiro atoms. The first-order valence-electron chi connectivity index (χ1n) is 3.56. The van der Waals surface area contributed by atoms with E-state index in [0.717, 1.165) is 0 Å². The maximum atomic E-state index is 12.2. The third kappa shape index (κ3) is 2.64. The van der Waals surface area contributed by atoms with Crippen molar-refractivity contribution >= 4 is 35.6 Å². The summed E-state index contributed by atoms with van der Waals surface area (Å²) in [5, 5.41) is 9.64. The van der Waals surface area contributed by atoms with E-state index in [2.05, 4.69) is 0 Å². The van der Waals surface area contributed by atoms with Crippen molar-refractivity contribution in [3.05, 3.63) is 27.7 Å². The Kier molecular flexibility index (Phi) is 5.52. The van der Waals surface area contributed by atoms with Crippen LogP contribution in [0, 0.1) is 0 Å². The smallest absolute Gasteiger partial charge is 0.140 e. The molecule has 1 aromatic rings. The summed E-state index contributed by atoms with van der Waals surface area (Å²) >= 11 is 11.2. The van der Waals surface area contributed by atoms with Gasteiger partial charge in [0.25, 0.3) is 0 Å². The van der Waals surface area contributed by atoms with Crippen molar-refractivity contribution in [2.45, 2.75) is 6.04 Å². The van der Waals surface area contributed by atoms with Crippen molar-refractivity contribution < 1.29 is 9.50 Å². The summed E-state index contributed by atoms with van der Waals surface area (Å²) in [6.07, 6.45) is 0. The lowest BCUT2D eigenvalue weighted by atomic mass is 10.1. The van der Waals surface area contributed by atoms with Gasteiger partial charge >= 0.3 is 0 Å². The number of benzene rings is 1. The SMILES string of the molecule is Cl.N[C@H](CF)c1ccc(Cl)c(Cl)c1O. The summed E-state index contributed by atoms with van der Waals surface area (Å²) in [7, 11) is 0. The zero-order chi connectivity index (χ0) is 10.0. The number of phenolic OH excluding ortho intramolecular Hbond substituents is 1. The van der Waals surface area contributed by atoms with E-state index >= 15 is 0 Å². The first-order chi connectivity index (χ1) is 6.07. The number of hydrogen-bond acceptors (Lipinski definition) is 2. The van der Waals surface area contributed by atoms with Crippen molar-refractivity contribution in [2.75, 3.05) is 6.67 Å². The monoisotopic (exact) mass is 259 g/mol. The molecule has 0 saturated carbocycles. The summed E-state index contributed by atoms with van der Waals surface area (Å²) in [6.45, 7) is -0.758. The molecule has 1 aromatic carbocycles. The molecule has 3 N–H and O–H groups in total. The fourth-order valence-electron chi connectivity index (χ4n) is 0.937. The topological polar surface area (TPSA) is 46.2 Å². The van der Waals surface area contributed by atoms with Crippen LogP contribution in [0.25, 0.3) is 0 Å². The molecule has 0 saturated heterocycles. The Morgan fingerprint density at radius 2 is 2.00 bits per heavy atom. The number of phenols is 1. The van der Waals surface area contributed by atoms with Crippen molar-refractivity contribution in [3.63, 3.8) is 0 Å². The number of aromatic hydroxyl groups is 1. The summed E-state index contributed by atoms with van der Waals surface area (Å²) in [4.78, 5) is 0. The lowest BCUT2D eigenvalue weighted by Gasteiger charge is -2.11. The average molecular weight is 261 g/mol. The van der Waals surface area contributed by atoms with Crippen LogP contribution in [-0.4, -0.2) is 11.8 Å². The van der Waals surface area contributed by atoms with Gasteiger partial charge in [0.2, 0.25) is 0 Å². The van der Waals surface area contributed by atoms with Crippen molar-refractivity contribution in [1.82, 2.24) is 0 Å². The molecule has 0 aliphatic heterocycles.